The monoisotopic (exact) mass is 349 g/mol. The second kappa shape index (κ2) is 7.04. The topological polar surface area (TPSA) is 84.9 Å². The molecule has 1 saturated carbocycles. The van der Waals surface area contributed by atoms with E-state index in [9.17, 15) is 14.7 Å². The van der Waals surface area contributed by atoms with Gasteiger partial charge in [0, 0.05) is 18.4 Å². The molecule has 1 aromatic rings. The van der Waals surface area contributed by atoms with Gasteiger partial charge in [0.25, 0.3) is 0 Å². The van der Waals surface area contributed by atoms with E-state index in [4.69, 9.17) is 9.47 Å². The number of nitrogens with one attached hydrogen (secondary N) is 1. The van der Waals surface area contributed by atoms with Crippen LogP contribution in [0.1, 0.15) is 45.6 Å². The maximum absolute atomic E-state index is 12.8. The van der Waals surface area contributed by atoms with Gasteiger partial charge in [-0.15, -0.1) is 0 Å². The van der Waals surface area contributed by atoms with Crippen molar-refractivity contribution >= 4 is 11.9 Å². The number of carboxylic acid groups (broad SMARTS) is 1. The zero-order chi connectivity index (χ0) is 18.8. The van der Waals surface area contributed by atoms with Crippen LogP contribution in [0.4, 0.5) is 0 Å². The van der Waals surface area contributed by atoms with Gasteiger partial charge < -0.3 is 19.9 Å². The lowest BCUT2D eigenvalue weighted by atomic mass is 9.54. The number of carbonyl (C=O) groups is 2. The summed E-state index contributed by atoms with van der Waals surface area (Å²) in [5, 5.41) is 12.6. The summed E-state index contributed by atoms with van der Waals surface area (Å²) in [7, 11) is 1.56. The molecule has 1 aliphatic rings. The Hall–Kier alpha value is -2.08. The molecule has 0 aliphatic heterocycles. The van der Waals surface area contributed by atoms with Gasteiger partial charge in [-0.05, 0) is 31.5 Å². The molecule has 138 valence electrons. The number of aliphatic carboxylic acids is 1. The van der Waals surface area contributed by atoms with Crippen LogP contribution in [-0.4, -0.2) is 42.3 Å². The molecule has 2 N–H and O–H groups in total. The summed E-state index contributed by atoms with van der Waals surface area (Å²) in [6, 6.07) is 7.22. The number of rotatable bonds is 7. The van der Waals surface area contributed by atoms with Crippen molar-refractivity contribution in [3.8, 4) is 5.75 Å². The highest BCUT2D eigenvalue weighted by atomic mass is 16.5. The number of ether oxygens (including phenoxy) is 2. The van der Waals surface area contributed by atoms with E-state index in [1.807, 2.05) is 32.9 Å². The largest absolute Gasteiger partial charge is 0.497 e. The molecule has 1 fully saturated rings. The normalized spacial score (nSPS) is 25.6. The predicted molar refractivity (Wildman–Crippen MR) is 93.7 cm³/mol. The van der Waals surface area contributed by atoms with Crippen LogP contribution in [0.3, 0.4) is 0 Å². The summed E-state index contributed by atoms with van der Waals surface area (Å²) >= 11 is 0. The van der Waals surface area contributed by atoms with Crippen LogP contribution >= 0.6 is 0 Å². The van der Waals surface area contributed by atoms with E-state index in [2.05, 4.69) is 5.32 Å². The molecule has 1 aromatic carbocycles. The Morgan fingerprint density at radius 3 is 2.60 bits per heavy atom. The highest BCUT2D eigenvalue weighted by Gasteiger charge is 2.66. The Bertz CT molecular complexity index is 657. The van der Waals surface area contributed by atoms with Crippen LogP contribution < -0.4 is 10.1 Å². The highest BCUT2D eigenvalue weighted by Crippen LogP contribution is 2.51. The maximum atomic E-state index is 12.8. The van der Waals surface area contributed by atoms with Crippen molar-refractivity contribution in [2.75, 3.05) is 13.7 Å². The molecule has 0 spiro atoms. The Kier molecular flexibility index (Phi) is 5.42. The molecule has 0 radical (unpaired) electrons. The van der Waals surface area contributed by atoms with E-state index in [1.54, 1.807) is 26.2 Å². The lowest BCUT2D eigenvalue weighted by Crippen LogP contribution is -2.76. The fourth-order valence-corrected chi connectivity index (χ4v) is 3.42. The number of benzene rings is 1. The fraction of sp³-hybridized carbons (Fsp3) is 0.579. The van der Waals surface area contributed by atoms with E-state index >= 15 is 0 Å². The van der Waals surface area contributed by atoms with Gasteiger partial charge >= 0.3 is 5.97 Å². The first-order valence-electron chi connectivity index (χ1n) is 8.50. The van der Waals surface area contributed by atoms with Crippen molar-refractivity contribution in [2.45, 2.75) is 51.7 Å². The average molecular weight is 349 g/mol. The molecule has 3 atom stereocenters. The van der Waals surface area contributed by atoms with E-state index < -0.39 is 22.8 Å². The number of hydrogen-bond acceptors (Lipinski definition) is 4. The zero-order valence-corrected chi connectivity index (χ0v) is 15.5. The van der Waals surface area contributed by atoms with Crippen molar-refractivity contribution in [3.05, 3.63) is 29.8 Å². The quantitative estimate of drug-likeness (QED) is 0.790. The second-order valence-corrected chi connectivity index (χ2v) is 7.07. The Morgan fingerprint density at radius 1 is 1.40 bits per heavy atom. The molecule has 2 rings (SSSR count). The summed E-state index contributed by atoms with van der Waals surface area (Å²) in [4.78, 5) is 24.7. The molecular weight excluding hydrogens is 322 g/mol. The Morgan fingerprint density at radius 2 is 2.08 bits per heavy atom. The molecule has 25 heavy (non-hydrogen) atoms. The third-order valence-corrected chi connectivity index (χ3v) is 5.45. The first kappa shape index (κ1) is 19.2. The lowest BCUT2D eigenvalue weighted by molar-refractivity contribution is -0.194. The van der Waals surface area contributed by atoms with Gasteiger partial charge in [-0.3, -0.25) is 4.79 Å². The number of amides is 1. The minimum Gasteiger partial charge on any atom is -0.497 e. The Balaban J connectivity index is 2.20. The summed E-state index contributed by atoms with van der Waals surface area (Å²) in [5.74, 6) is -1.18. The summed E-state index contributed by atoms with van der Waals surface area (Å²) in [5.41, 5.74) is -1.24. The van der Waals surface area contributed by atoms with E-state index in [0.29, 0.717) is 12.4 Å². The van der Waals surface area contributed by atoms with Gasteiger partial charge in [0.1, 0.15) is 11.3 Å². The van der Waals surface area contributed by atoms with Gasteiger partial charge in [0.15, 0.2) is 0 Å². The number of carbonyl (C=O) groups excluding carboxylic acids is 1. The predicted octanol–water partition coefficient (Wildman–Crippen LogP) is 2.57. The number of hydrogen-bond donors (Lipinski definition) is 2. The van der Waals surface area contributed by atoms with Crippen molar-refractivity contribution in [1.29, 1.82) is 0 Å². The van der Waals surface area contributed by atoms with Crippen LogP contribution in [-0.2, 0) is 14.3 Å². The van der Waals surface area contributed by atoms with Crippen molar-refractivity contribution < 1.29 is 24.2 Å². The van der Waals surface area contributed by atoms with Crippen molar-refractivity contribution in [3.63, 3.8) is 0 Å². The molecule has 6 heteroatoms. The summed E-state index contributed by atoms with van der Waals surface area (Å²) < 4.78 is 10.8. The third-order valence-electron chi connectivity index (χ3n) is 5.45. The van der Waals surface area contributed by atoms with Crippen LogP contribution in [0, 0.1) is 5.41 Å². The van der Waals surface area contributed by atoms with Crippen LogP contribution in [0.25, 0.3) is 0 Å². The second-order valence-electron chi connectivity index (χ2n) is 7.07. The number of carboxylic acids is 1. The summed E-state index contributed by atoms with van der Waals surface area (Å²) in [6.45, 7) is 7.78. The van der Waals surface area contributed by atoms with Gasteiger partial charge in [-0.25, -0.2) is 4.79 Å². The minimum absolute atomic E-state index is 0.193. The molecular formula is C19H27NO5. The zero-order valence-electron chi connectivity index (χ0n) is 15.5. The minimum atomic E-state index is -1.32. The van der Waals surface area contributed by atoms with Gasteiger partial charge in [0.05, 0.1) is 19.1 Å². The van der Waals surface area contributed by atoms with Gasteiger partial charge in [-0.1, -0.05) is 26.0 Å². The van der Waals surface area contributed by atoms with E-state index in [1.165, 1.54) is 0 Å². The third kappa shape index (κ3) is 3.23. The lowest BCUT2D eigenvalue weighted by Gasteiger charge is -2.58. The molecule has 1 amide bonds. The first-order valence-corrected chi connectivity index (χ1v) is 8.50. The standard InChI is InChI=1S/C19H27NO5/c1-6-25-15-11-19(17(22)23,18(15,3)4)20-16(21)12(2)13-8-7-9-14(10-13)24-5/h7-10,12,15H,6,11H2,1-5H3,(H,20,21)(H,22,23). The van der Waals surface area contributed by atoms with E-state index in [-0.39, 0.29) is 18.4 Å². The van der Waals surface area contributed by atoms with Crippen LogP contribution in [0.2, 0.25) is 0 Å². The number of methoxy groups -OCH3 is 1. The fourth-order valence-electron chi connectivity index (χ4n) is 3.42. The molecule has 3 unspecified atom stereocenters. The SMILES string of the molecule is CCOC1CC(NC(=O)C(C)c2cccc(OC)c2)(C(=O)O)C1(C)C. The average Bonchev–Trinajstić information content (AvgIpc) is 2.59. The smallest absolute Gasteiger partial charge is 0.330 e. The molecule has 0 heterocycles. The first-order chi connectivity index (χ1) is 11.7. The van der Waals surface area contributed by atoms with Gasteiger partial charge in [-0.2, -0.15) is 0 Å². The molecule has 0 bridgehead atoms. The molecule has 1 aliphatic carbocycles. The molecule has 0 saturated heterocycles. The van der Waals surface area contributed by atoms with Crippen LogP contribution in [0.15, 0.2) is 24.3 Å². The van der Waals surface area contributed by atoms with E-state index in [0.717, 1.165) is 5.56 Å². The van der Waals surface area contributed by atoms with Crippen molar-refractivity contribution in [1.82, 2.24) is 5.32 Å². The molecule has 0 aromatic heterocycles. The Labute approximate surface area is 148 Å². The molecule has 6 nitrogen and oxygen atoms in total. The van der Waals surface area contributed by atoms with Crippen LogP contribution in [0.5, 0.6) is 5.75 Å². The van der Waals surface area contributed by atoms with Gasteiger partial charge in [0.2, 0.25) is 5.91 Å². The van der Waals surface area contributed by atoms with Crippen molar-refractivity contribution in [2.24, 2.45) is 5.41 Å². The maximum Gasteiger partial charge on any atom is 0.330 e. The summed E-state index contributed by atoms with van der Waals surface area (Å²) in [6.07, 6.45) is 0.0701. The highest BCUT2D eigenvalue weighted by molar-refractivity contribution is 5.92.